The molecule has 110 valence electrons. The second kappa shape index (κ2) is 6.30. The molecule has 0 atom stereocenters. The highest BCUT2D eigenvalue weighted by Gasteiger charge is 2.42. The Morgan fingerprint density at radius 3 is 2.75 bits per heavy atom. The summed E-state index contributed by atoms with van der Waals surface area (Å²) in [5.41, 5.74) is 5.19. The molecule has 1 aromatic heterocycles. The number of hydrogen-bond donors (Lipinski definition) is 2. The average molecular weight is 295 g/mol. The van der Waals surface area contributed by atoms with Crippen molar-refractivity contribution in [1.29, 1.82) is 0 Å². The molecule has 0 radical (unpaired) electrons. The highest BCUT2D eigenvalue weighted by atomic mass is 32.1. The van der Waals surface area contributed by atoms with Crippen molar-refractivity contribution in [1.82, 2.24) is 20.1 Å². The Bertz CT molecular complexity index is 493. The molecule has 0 spiro atoms. The third kappa shape index (κ3) is 2.98. The number of carbonyl (C=O) groups excluding carboxylic acids is 1. The number of thiocarbonyl (C=S) groups is 1. The highest BCUT2D eigenvalue weighted by Crippen LogP contribution is 2.36. The second-order valence-corrected chi connectivity index (χ2v) is 5.81. The number of carbonyl (C=O) groups is 1. The molecule has 1 heterocycles. The van der Waals surface area contributed by atoms with Gasteiger partial charge in [0, 0.05) is 20.0 Å². The van der Waals surface area contributed by atoms with E-state index >= 15 is 0 Å². The van der Waals surface area contributed by atoms with Crippen LogP contribution in [0.5, 0.6) is 0 Å². The first kappa shape index (κ1) is 14.9. The van der Waals surface area contributed by atoms with E-state index in [9.17, 15) is 4.79 Å². The normalized spacial score (nSPS) is 17.6. The molecular formula is C13H21N5OS. The molecule has 1 fully saturated rings. The maximum atomic E-state index is 12.5. The van der Waals surface area contributed by atoms with Gasteiger partial charge in [-0.3, -0.25) is 4.79 Å². The van der Waals surface area contributed by atoms with Crippen LogP contribution in [0.25, 0.3) is 0 Å². The molecule has 1 saturated carbocycles. The number of nitrogens with two attached hydrogens (primary N) is 1. The largest absolute Gasteiger partial charge is 0.392 e. The quantitative estimate of drug-likeness (QED) is 0.781. The Hall–Kier alpha value is -1.50. The number of aromatic nitrogens is 3. The molecule has 1 aliphatic rings. The van der Waals surface area contributed by atoms with Gasteiger partial charge in [0.2, 0.25) is 5.91 Å². The van der Waals surface area contributed by atoms with Crippen molar-refractivity contribution in [3.05, 3.63) is 12.2 Å². The third-order valence-corrected chi connectivity index (χ3v) is 4.44. The van der Waals surface area contributed by atoms with Gasteiger partial charge in [-0.2, -0.15) is 0 Å². The topological polar surface area (TPSA) is 85.8 Å². The number of nitrogens with one attached hydrogen (secondary N) is 1. The van der Waals surface area contributed by atoms with Crippen LogP contribution in [0.15, 0.2) is 6.33 Å². The van der Waals surface area contributed by atoms with E-state index in [4.69, 9.17) is 18.0 Å². The summed E-state index contributed by atoms with van der Waals surface area (Å²) < 4.78 is 1.84. The Balaban J connectivity index is 1.92. The lowest BCUT2D eigenvalue weighted by Gasteiger charge is -2.34. The van der Waals surface area contributed by atoms with Gasteiger partial charge in [-0.15, -0.1) is 10.2 Å². The van der Waals surface area contributed by atoms with E-state index in [1.807, 2.05) is 11.6 Å². The maximum absolute atomic E-state index is 12.5. The minimum Gasteiger partial charge on any atom is -0.392 e. The summed E-state index contributed by atoms with van der Waals surface area (Å²) in [6, 6.07) is 0. The van der Waals surface area contributed by atoms with E-state index in [2.05, 4.69) is 15.5 Å². The summed E-state index contributed by atoms with van der Waals surface area (Å²) in [6.07, 6.45) is 6.99. The summed E-state index contributed by atoms with van der Waals surface area (Å²) in [4.78, 5) is 12.8. The smallest absolute Gasteiger partial charge is 0.233 e. The molecule has 6 nitrogen and oxygen atoms in total. The number of aryl methyl sites for hydroxylation is 1. The van der Waals surface area contributed by atoms with Gasteiger partial charge in [0.1, 0.15) is 12.2 Å². The van der Waals surface area contributed by atoms with Gasteiger partial charge >= 0.3 is 0 Å². The van der Waals surface area contributed by atoms with Gasteiger partial charge in [-0.05, 0) is 12.8 Å². The van der Waals surface area contributed by atoms with Crippen LogP contribution < -0.4 is 11.1 Å². The monoisotopic (exact) mass is 295 g/mol. The van der Waals surface area contributed by atoms with E-state index in [0.29, 0.717) is 18.0 Å². The fraction of sp³-hybridized carbons (Fsp3) is 0.692. The van der Waals surface area contributed by atoms with Crippen LogP contribution in [0.1, 0.15) is 37.9 Å². The van der Waals surface area contributed by atoms with E-state index in [1.54, 1.807) is 6.33 Å². The summed E-state index contributed by atoms with van der Waals surface area (Å²) >= 11 is 5.15. The molecule has 3 N–H and O–H groups in total. The predicted octanol–water partition coefficient (Wildman–Crippen LogP) is 0.710. The van der Waals surface area contributed by atoms with Gasteiger partial charge in [0.25, 0.3) is 0 Å². The molecule has 7 heteroatoms. The molecule has 0 aliphatic heterocycles. The van der Waals surface area contributed by atoms with Crippen molar-refractivity contribution in [2.45, 2.75) is 38.5 Å². The van der Waals surface area contributed by atoms with Crippen LogP contribution in [-0.2, 0) is 18.3 Å². The number of amides is 1. The van der Waals surface area contributed by atoms with Gasteiger partial charge < -0.3 is 15.6 Å². The lowest BCUT2D eigenvalue weighted by molar-refractivity contribution is -0.128. The summed E-state index contributed by atoms with van der Waals surface area (Å²) in [5, 5.41) is 10.8. The number of rotatable bonds is 5. The lowest BCUT2D eigenvalue weighted by atomic mass is 9.73. The van der Waals surface area contributed by atoms with Crippen molar-refractivity contribution in [2.75, 3.05) is 6.54 Å². The molecule has 1 amide bonds. The van der Waals surface area contributed by atoms with E-state index in [-0.39, 0.29) is 5.91 Å². The molecule has 20 heavy (non-hydrogen) atoms. The summed E-state index contributed by atoms with van der Waals surface area (Å²) in [6.45, 7) is 0.524. The predicted molar refractivity (Wildman–Crippen MR) is 80.0 cm³/mol. The van der Waals surface area contributed by atoms with Gasteiger partial charge in [-0.1, -0.05) is 31.5 Å². The molecule has 0 unspecified atom stereocenters. The fourth-order valence-corrected chi connectivity index (χ4v) is 3.03. The van der Waals surface area contributed by atoms with Crippen LogP contribution in [0.2, 0.25) is 0 Å². The Morgan fingerprint density at radius 1 is 1.50 bits per heavy atom. The zero-order valence-corrected chi connectivity index (χ0v) is 12.6. The second-order valence-electron chi connectivity index (χ2n) is 5.37. The molecule has 0 saturated heterocycles. The SMILES string of the molecule is Cn1cnnc1CCNC(=O)C1(C(N)=S)CCCCC1. The highest BCUT2D eigenvalue weighted by molar-refractivity contribution is 7.80. The van der Waals surface area contributed by atoms with Crippen molar-refractivity contribution >= 4 is 23.1 Å². The van der Waals surface area contributed by atoms with Crippen LogP contribution in [-0.4, -0.2) is 32.2 Å². The minimum absolute atomic E-state index is 0.0353. The minimum atomic E-state index is -0.645. The van der Waals surface area contributed by atoms with Crippen LogP contribution in [0, 0.1) is 5.41 Å². The Labute approximate surface area is 124 Å². The molecule has 1 aliphatic carbocycles. The Kier molecular flexibility index (Phi) is 4.69. The first-order valence-electron chi connectivity index (χ1n) is 6.97. The maximum Gasteiger partial charge on any atom is 0.233 e. The van der Waals surface area contributed by atoms with E-state index in [0.717, 1.165) is 37.9 Å². The Morgan fingerprint density at radius 2 is 2.20 bits per heavy atom. The van der Waals surface area contributed by atoms with Gasteiger partial charge in [-0.25, -0.2) is 0 Å². The summed E-state index contributed by atoms with van der Waals surface area (Å²) in [7, 11) is 1.88. The molecule has 0 bridgehead atoms. The van der Waals surface area contributed by atoms with Gasteiger partial charge in [0.05, 0.1) is 10.4 Å². The first-order chi connectivity index (χ1) is 9.56. The zero-order valence-electron chi connectivity index (χ0n) is 11.8. The van der Waals surface area contributed by atoms with Gasteiger partial charge in [0.15, 0.2) is 0 Å². The van der Waals surface area contributed by atoms with Crippen molar-refractivity contribution in [3.8, 4) is 0 Å². The van der Waals surface area contributed by atoms with Crippen LogP contribution >= 0.6 is 12.2 Å². The summed E-state index contributed by atoms with van der Waals surface area (Å²) in [5.74, 6) is 0.810. The number of nitrogens with zero attached hydrogens (tertiary/aromatic N) is 3. The van der Waals surface area contributed by atoms with Crippen molar-refractivity contribution in [3.63, 3.8) is 0 Å². The third-order valence-electron chi connectivity index (χ3n) is 4.05. The standard InChI is InChI=1S/C13H21N5OS/c1-18-9-16-17-10(18)5-8-15-12(19)13(11(14)20)6-3-2-4-7-13/h9H,2-8H2,1H3,(H2,14,20)(H,15,19). The first-order valence-corrected chi connectivity index (χ1v) is 7.38. The van der Waals surface area contributed by atoms with E-state index < -0.39 is 5.41 Å². The average Bonchev–Trinajstić information content (AvgIpc) is 2.85. The molecule has 0 aromatic carbocycles. The lowest BCUT2D eigenvalue weighted by Crippen LogP contribution is -2.50. The molecule has 1 aromatic rings. The van der Waals surface area contributed by atoms with Crippen LogP contribution in [0.3, 0.4) is 0 Å². The van der Waals surface area contributed by atoms with Crippen molar-refractivity contribution in [2.24, 2.45) is 18.2 Å². The van der Waals surface area contributed by atoms with Crippen molar-refractivity contribution < 1.29 is 4.79 Å². The zero-order chi connectivity index (χ0) is 14.6. The van der Waals surface area contributed by atoms with Crippen LogP contribution in [0.4, 0.5) is 0 Å². The number of hydrogen-bond acceptors (Lipinski definition) is 4. The van der Waals surface area contributed by atoms with E-state index in [1.165, 1.54) is 0 Å². The molecular weight excluding hydrogens is 274 g/mol. The molecule has 2 rings (SSSR count). The fourth-order valence-electron chi connectivity index (χ4n) is 2.73.